The van der Waals surface area contributed by atoms with Crippen molar-refractivity contribution in [1.82, 2.24) is 0 Å². The Hall–Kier alpha value is -0.460. The van der Waals surface area contributed by atoms with Gasteiger partial charge in [0.25, 0.3) is 0 Å². The van der Waals surface area contributed by atoms with Gasteiger partial charge in [-0.25, -0.2) is 16.8 Å². The summed E-state index contributed by atoms with van der Waals surface area (Å²) in [6.07, 6.45) is 3.21. The predicted octanol–water partition coefficient (Wildman–Crippen LogP) is 4.10. The molecular weight excluding hydrogens is 550 g/mol. The molecule has 116 valence electrons. The van der Waals surface area contributed by atoms with Crippen LogP contribution in [0.25, 0.3) is 12.2 Å². The van der Waals surface area contributed by atoms with Crippen molar-refractivity contribution in [3.8, 4) is 0 Å². The van der Waals surface area contributed by atoms with Gasteiger partial charge < -0.3 is 0 Å². The minimum atomic E-state index is -3.38. The molecule has 0 atom stereocenters. The van der Waals surface area contributed by atoms with Crippen LogP contribution in [-0.2, 0) is 14.0 Å². The zero-order chi connectivity index (χ0) is 16.4. The van der Waals surface area contributed by atoms with E-state index >= 15 is 0 Å². The van der Waals surface area contributed by atoms with E-state index in [1.165, 1.54) is 54.5 Å². The third kappa shape index (κ3) is 4.52. The zero-order valence-corrected chi connectivity index (χ0v) is 16.9. The lowest BCUT2D eigenvalue weighted by atomic mass is 10.1. The molecule has 0 fully saturated rings. The summed E-state index contributed by atoms with van der Waals surface area (Å²) in [4.78, 5) is 0.392. The fraction of sp³-hybridized carbons (Fsp3) is 0. The molecule has 22 heavy (non-hydrogen) atoms. The Morgan fingerprint density at radius 2 is 0.955 bits per heavy atom. The second-order valence-electron chi connectivity index (χ2n) is 4.28. The van der Waals surface area contributed by atoms with E-state index in [2.05, 4.69) is 0 Å². The van der Waals surface area contributed by atoms with E-state index in [0.717, 1.165) is 0 Å². The lowest BCUT2D eigenvalue weighted by Gasteiger charge is -2.04. The van der Waals surface area contributed by atoms with Crippen molar-refractivity contribution in [3.05, 3.63) is 59.7 Å². The fourth-order valence-electron chi connectivity index (χ4n) is 1.86. The van der Waals surface area contributed by atoms with Crippen LogP contribution in [-0.4, -0.2) is 16.8 Å². The highest BCUT2D eigenvalue weighted by Crippen LogP contribution is 2.26. The van der Waals surface area contributed by atoms with Crippen molar-refractivity contribution in [2.75, 3.05) is 0 Å². The van der Waals surface area contributed by atoms with Crippen LogP contribution in [0.1, 0.15) is 11.1 Å². The highest BCUT2D eigenvalue weighted by molar-refractivity contribution is 14.2. The van der Waals surface area contributed by atoms with Gasteiger partial charge in [0.2, 0.25) is 14.0 Å². The molecule has 0 aromatic heterocycles. The summed E-state index contributed by atoms with van der Waals surface area (Å²) in [5.74, 6) is 0. The van der Waals surface area contributed by atoms with Crippen molar-refractivity contribution in [1.29, 1.82) is 0 Å². The molecule has 0 saturated heterocycles. The number of hydrogen-bond donors (Lipinski definition) is 0. The smallest absolute Gasteiger partial charge is 0.213 e. The van der Waals surface area contributed by atoms with Crippen LogP contribution in [0.4, 0.5) is 0 Å². The normalized spacial score (nSPS) is 12.6. The van der Waals surface area contributed by atoms with Crippen molar-refractivity contribution in [2.24, 2.45) is 0 Å². The van der Waals surface area contributed by atoms with Crippen LogP contribution in [0.2, 0.25) is 0 Å². The van der Waals surface area contributed by atoms with Crippen molar-refractivity contribution in [3.63, 3.8) is 0 Å². The standard InChI is InChI=1S/C14H10I2O4S2/c15-21(17,18)13-7-3-1-5-11(13)9-10-12-6-2-4-8-14(12)22(16,19)20/h1-10H/b10-9+. The van der Waals surface area contributed by atoms with Crippen molar-refractivity contribution >= 4 is 68.6 Å². The summed E-state index contributed by atoms with van der Waals surface area (Å²) >= 11 is 2.77. The first-order chi connectivity index (χ1) is 10.2. The molecule has 0 N–H and O–H groups in total. The Bertz CT molecular complexity index is 855. The van der Waals surface area contributed by atoms with Gasteiger partial charge in [0.05, 0.1) is 52.2 Å². The molecule has 2 aromatic rings. The summed E-state index contributed by atoms with van der Waals surface area (Å²) in [5.41, 5.74) is 1.02. The fourth-order valence-corrected chi connectivity index (χ4v) is 5.58. The third-order valence-corrected chi connectivity index (χ3v) is 7.45. The lowest BCUT2D eigenvalue weighted by Crippen LogP contribution is -1.94. The van der Waals surface area contributed by atoms with Crippen LogP contribution in [0.15, 0.2) is 58.3 Å². The van der Waals surface area contributed by atoms with E-state index in [1.807, 2.05) is 0 Å². The molecule has 0 heterocycles. The first-order valence-electron chi connectivity index (χ1n) is 5.95. The number of benzene rings is 2. The Morgan fingerprint density at radius 1 is 0.636 bits per heavy atom. The molecule has 0 aliphatic carbocycles. The van der Waals surface area contributed by atoms with E-state index in [4.69, 9.17) is 0 Å². The van der Waals surface area contributed by atoms with Crippen LogP contribution >= 0.6 is 42.4 Å². The van der Waals surface area contributed by atoms with Gasteiger partial charge in [-0.2, -0.15) is 0 Å². The van der Waals surface area contributed by atoms with Gasteiger partial charge in [0.15, 0.2) is 0 Å². The summed E-state index contributed by atoms with van der Waals surface area (Å²) in [6, 6.07) is 13.1. The minimum absolute atomic E-state index is 0.196. The zero-order valence-electron chi connectivity index (χ0n) is 11.0. The quantitative estimate of drug-likeness (QED) is 0.321. The summed E-state index contributed by atoms with van der Waals surface area (Å²) in [7, 11) is -6.75. The van der Waals surface area contributed by atoms with Crippen molar-refractivity contribution in [2.45, 2.75) is 9.79 Å². The molecule has 0 aliphatic rings. The second kappa shape index (κ2) is 6.97. The molecule has 0 unspecified atom stereocenters. The molecule has 0 aliphatic heterocycles. The van der Waals surface area contributed by atoms with Gasteiger partial charge in [0, 0.05) is 0 Å². The molecule has 0 saturated carbocycles. The monoisotopic (exact) mass is 560 g/mol. The van der Waals surface area contributed by atoms with Gasteiger partial charge in [0.1, 0.15) is 0 Å². The SMILES string of the molecule is O=S(=O)(I)c1ccccc1/C=C/c1ccccc1S(=O)(=O)I. The Morgan fingerprint density at radius 3 is 1.27 bits per heavy atom. The Labute approximate surface area is 153 Å². The van der Waals surface area contributed by atoms with Crippen LogP contribution in [0, 0.1) is 0 Å². The maximum absolute atomic E-state index is 11.7. The van der Waals surface area contributed by atoms with Gasteiger partial charge in [-0.3, -0.25) is 0 Å². The predicted molar refractivity (Wildman–Crippen MR) is 104 cm³/mol. The molecule has 2 aromatic carbocycles. The second-order valence-corrected chi connectivity index (χ2v) is 13.9. The molecule has 0 radical (unpaired) electrons. The van der Waals surface area contributed by atoms with Gasteiger partial charge in [-0.15, -0.1) is 0 Å². The van der Waals surface area contributed by atoms with E-state index < -0.39 is 14.0 Å². The maximum atomic E-state index is 11.7. The third-order valence-electron chi connectivity index (χ3n) is 2.81. The molecule has 0 bridgehead atoms. The summed E-state index contributed by atoms with van der Waals surface area (Å²) in [6.45, 7) is 0. The largest absolute Gasteiger partial charge is 0.231 e. The first-order valence-corrected chi connectivity index (χ1v) is 14.0. The first kappa shape index (κ1) is 17.9. The van der Waals surface area contributed by atoms with Gasteiger partial charge in [-0.05, 0) is 23.3 Å². The molecule has 0 amide bonds. The summed E-state index contributed by atoms with van der Waals surface area (Å²) < 4.78 is 47.0. The van der Waals surface area contributed by atoms with Crippen LogP contribution < -0.4 is 0 Å². The maximum Gasteiger partial charge on any atom is 0.231 e. The van der Waals surface area contributed by atoms with Crippen LogP contribution in [0.3, 0.4) is 0 Å². The van der Waals surface area contributed by atoms with Gasteiger partial charge >= 0.3 is 0 Å². The number of halogens is 2. The highest BCUT2D eigenvalue weighted by Gasteiger charge is 2.14. The van der Waals surface area contributed by atoms with Gasteiger partial charge in [-0.1, -0.05) is 48.6 Å². The van der Waals surface area contributed by atoms with E-state index in [1.54, 1.807) is 48.6 Å². The van der Waals surface area contributed by atoms with Crippen LogP contribution in [0.5, 0.6) is 0 Å². The number of hydrogen-bond acceptors (Lipinski definition) is 4. The molecule has 0 spiro atoms. The van der Waals surface area contributed by atoms with Crippen molar-refractivity contribution < 1.29 is 16.8 Å². The molecule has 2 rings (SSSR count). The van der Waals surface area contributed by atoms with E-state index in [9.17, 15) is 16.8 Å². The number of rotatable bonds is 4. The topological polar surface area (TPSA) is 68.3 Å². The summed E-state index contributed by atoms with van der Waals surface area (Å²) in [5, 5.41) is 0. The average Bonchev–Trinajstić information content (AvgIpc) is 2.44. The van der Waals surface area contributed by atoms with E-state index in [0.29, 0.717) is 11.1 Å². The molecule has 4 nitrogen and oxygen atoms in total. The lowest BCUT2D eigenvalue weighted by molar-refractivity contribution is 0.611. The van der Waals surface area contributed by atoms with E-state index in [-0.39, 0.29) is 9.79 Å². The molecule has 8 heteroatoms. The Balaban J connectivity index is 2.53. The Kier molecular flexibility index (Phi) is 5.67. The molecular formula is C14H10I2O4S2. The minimum Gasteiger partial charge on any atom is -0.213 e. The average molecular weight is 560 g/mol. The highest BCUT2D eigenvalue weighted by atomic mass is 127.